The predicted octanol–water partition coefficient (Wildman–Crippen LogP) is 1.97. The molecule has 0 radical (unpaired) electrons. The molecule has 1 aliphatic heterocycles. The molecule has 0 aliphatic carbocycles. The van der Waals surface area contributed by atoms with Crippen molar-refractivity contribution in [2.24, 2.45) is 0 Å². The number of rotatable bonds is 2. The highest BCUT2D eigenvalue weighted by atomic mass is 79.9. The normalized spacial score (nSPS) is 16.0. The minimum Gasteiger partial charge on any atom is -0.323 e. The largest absolute Gasteiger partial charge is 0.323 e. The molecule has 1 aromatic heterocycles. The smallest absolute Gasteiger partial charge is 0.320 e. The van der Waals surface area contributed by atoms with Crippen LogP contribution in [0.5, 0.6) is 0 Å². The average Bonchev–Trinajstić information content (AvgIpc) is 2.75. The van der Waals surface area contributed by atoms with Crippen molar-refractivity contribution in [1.82, 2.24) is 15.1 Å². The third kappa shape index (κ3) is 3.43. The number of carbonyl (C=O) groups is 1. The molecule has 0 unspecified atom stereocenters. The van der Waals surface area contributed by atoms with Gasteiger partial charge in [0.05, 0.1) is 6.54 Å². The van der Waals surface area contributed by atoms with E-state index in [4.69, 9.17) is 0 Å². The Labute approximate surface area is 114 Å². The lowest BCUT2D eigenvalue weighted by atomic mass is 10.4. The molecular weight excluding hydrogens is 302 g/mol. The second kappa shape index (κ2) is 5.84. The van der Waals surface area contributed by atoms with Gasteiger partial charge in [0.25, 0.3) is 0 Å². The zero-order chi connectivity index (χ0) is 12.3. The van der Waals surface area contributed by atoms with Gasteiger partial charge in [-0.2, -0.15) is 0 Å². The van der Waals surface area contributed by atoms with Crippen molar-refractivity contribution in [3.05, 3.63) is 20.8 Å². The van der Waals surface area contributed by atoms with E-state index >= 15 is 0 Å². The summed E-state index contributed by atoms with van der Waals surface area (Å²) < 4.78 is 1.08. The summed E-state index contributed by atoms with van der Waals surface area (Å²) in [7, 11) is 1.86. The lowest BCUT2D eigenvalue weighted by Gasteiger charge is -2.31. The fourth-order valence-electron chi connectivity index (χ4n) is 1.84. The van der Waals surface area contributed by atoms with Crippen LogP contribution in [0.2, 0.25) is 0 Å². The number of nitrogens with one attached hydrogen (secondary N) is 1. The second-order valence-electron chi connectivity index (χ2n) is 4.11. The van der Waals surface area contributed by atoms with Gasteiger partial charge in [0, 0.05) is 48.0 Å². The van der Waals surface area contributed by atoms with E-state index < -0.39 is 0 Å². The standard InChI is InChI=1S/C11H16BrN3OS/c1-14(7-10-6-9(12)8-17-10)11(16)15-4-2-13-3-5-15/h6,8,13H,2-5,7H2,1H3. The summed E-state index contributed by atoms with van der Waals surface area (Å²) in [5.74, 6) is 0. The van der Waals surface area contributed by atoms with Gasteiger partial charge in [0.15, 0.2) is 0 Å². The van der Waals surface area contributed by atoms with Crippen LogP contribution >= 0.6 is 27.3 Å². The first kappa shape index (κ1) is 12.9. The maximum Gasteiger partial charge on any atom is 0.320 e. The SMILES string of the molecule is CN(Cc1cc(Br)cs1)C(=O)N1CCNCC1. The monoisotopic (exact) mass is 317 g/mol. The number of thiophene rings is 1. The molecule has 1 fully saturated rings. The molecule has 17 heavy (non-hydrogen) atoms. The molecule has 1 N–H and O–H groups in total. The number of carbonyl (C=O) groups excluding carboxylic acids is 1. The molecule has 2 heterocycles. The maximum atomic E-state index is 12.1. The van der Waals surface area contributed by atoms with Crippen molar-refractivity contribution in [3.8, 4) is 0 Å². The van der Waals surface area contributed by atoms with Gasteiger partial charge >= 0.3 is 6.03 Å². The van der Waals surface area contributed by atoms with Crippen LogP contribution in [0.25, 0.3) is 0 Å². The molecule has 0 saturated carbocycles. The molecule has 1 aliphatic rings. The third-order valence-electron chi connectivity index (χ3n) is 2.73. The molecule has 0 atom stereocenters. The lowest BCUT2D eigenvalue weighted by Crippen LogP contribution is -2.50. The average molecular weight is 318 g/mol. The summed E-state index contributed by atoms with van der Waals surface area (Å²) in [5.41, 5.74) is 0. The molecule has 94 valence electrons. The quantitative estimate of drug-likeness (QED) is 0.905. The van der Waals surface area contributed by atoms with Crippen molar-refractivity contribution in [2.75, 3.05) is 33.2 Å². The minimum absolute atomic E-state index is 0.121. The fourth-order valence-corrected chi connectivity index (χ4v) is 3.34. The number of piperazine rings is 1. The van der Waals surface area contributed by atoms with Crippen molar-refractivity contribution < 1.29 is 4.79 Å². The molecular formula is C11H16BrN3OS. The van der Waals surface area contributed by atoms with Gasteiger partial charge in [-0.3, -0.25) is 0 Å². The molecule has 0 spiro atoms. The number of hydrogen-bond donors (Lipinski definition) is 1. The van der Waals surface area contributed by atoms with E-state index in [2.05, 4.69) is 27.3 Å². The van der Waals surface area contributed by atoms with Gasteiger partial charge in [-0.05, 0) is 22.0 Å². The van der Waals surface area contributed by atoms with E-state index in [0.29, 0.717) is 6.54 Å². The fraction of sp³-hybridized carbons (Fsp3) is 0.545. The van der Waals surface area contributed by atoms with Crippen molar-refractivity contribution >= 4 is 33.3 Å². The zero-order valence-electron chi connectivity index (χ0n) is 9.78. The van der Waals surface area contributed by atoms with E-state index in [1.165, 1.54) is 4.88 Å². The van der Waals surface area contributed by atoms with Crippen molar-refractivity contribution in [2.45, 2.75) is 6.54 Å². The first-order chi connectivity index (χ1) is 8.16. The van der Waals surface area contributed by atoms with Crippen LogP contribution in [0.15, 0.2) is 15.9 Å². The van der Waals surface area contributed by atoms with E-state index in [1.54, 1.807) is 16.2 Å². The molecule has 4 nitrogen and oxygen atoms in total. The molecule has 2 rings (SSSR count). The van der Waals surface area contributed by atoms with Gasteiger partial charge in [0.1, 0.15) is 0 Å². The van der Waals surface area contributed by atoms with E-state index in [1.807, 2.05) is 17.3 Å². The Kier molecular flexibility index (Phi) is 4.42. The highest BCUT2D eigenvalue weighted by Gasteiger charge is 2.19. The summed E-state index contributed by atoms with van der Waals surface area (Å²) in [6, 6.07) is 2.18. The predicted molar refractivity (Wildman–Crippen MR) is 73.3 cm³/mol. The van der Waals surface area contributed by atoms with E-state index in [9.17, 15) is 4.79 Å². The van der Waals surface area contributed by atoms with Crippen molar-refractivity contribution in [1.29, 1.82) is 0 Å². The first-order valence-electron chi connectivity index (χ1n) is 5.60. The summed E-state index contributed by atoms with van der Waals surface area (Å²) in [6.07, 6.45) is 0. The Hall–Kier alpha value is -0.590. The van der Waals surface area contributed by atoms with Crippen LogP contribution in [0.3, 0.4) is 0 Å². The molecule has 0 aromatic carbocycles. The lowest BCUT2D eigenvalue weighted by molar-refractivity contribution is 0.154. The van der Waals surface area contributed by atoms with Crippen molar-refractivity contribution in [3.63, 3.8) is 0 Å². The number of halogens is 1. The van der Waals surface area contributed by atoms with Crippen LogP contribution in [-0.4, -0.2) is 49.1 Å². The molecule has 2 amide bonds. The number of urea groups is 1. The summed E-state index contributed by atoms with van der Waals surface area (Å²) in [5, 5.41) is 5.29. The van der Waals surface area contributed by atoms with Gasteiger partial charge in [-0.1, -0.05) is 0 Å². The zero-order valence-corrected chi connectivity index (χ0v) is 12.2. The number of nitrogens with zero attached hydrogens (tertiary/aromatic N) is 2. The summed E-state index contributed by atoms with van der Waals surface area (Å²) in [4.78, 5) is 17.0. The Morgan fingerprint density at radius 2 is 2.29 bits per heavy atom. The Balaban J connectivity index is 1.90. The molecule has 6 heteroatoms. The minimum atomic E-state index is 0.121. The topological polar surface area (TPSA) is 35.6 Å². The second-order valence-corrected chi connectivity index (χ2v) is 6.02. The van der Waals surface area contributed by atoms with Crippen LogP contribution in [0, 0.1) is 0 Å². The third-order valence-corrected chi connectivity index (χ3v) is 4.41. The van der Waals surface area contributed by atoms with Gasteiger partial charge in [-0.25, -0.2) is 4.79 Å². The molecule has 1 aromatic rings. The van der Waals surface area contributed by atoms with Gasteiger partial charge in [0.2, 0.25) is 0 Å². The maximum absolute atomic E-state index is 12.1. The van der Waals surface area contributed by atoms with E-state index in [-0.39, 0.29) is 6.03 Å². The highest BCUT2D eigenvalue weighted by Crippen LogP contribution is 2.21. The summed E-state index contributed by atoms with van der Waals surface area (Å²) >= 11 is 5.09. The van der Waals surface area contributed by atoms with Crippen LogP contribution in [0.1, 0.15) is 4.88 Å². The van der Waals surface area contributed by atoms with Crippen LogP contribution < -0.4 is 5.32 Å². The summed E-state index contributed by atoms with van der Waals surface area (Å²) in [6.45, 7) is 4.07. The van der Waals surface area contributed by atoms with Gasteiger partial charge in [-0.15, -0.1) is 11.3 Å². The van der Waals surface area contributed by atoms with E-state index in [0.717, 1.165) is 30.7 Å². The Morgan fingerprint density at radius 3 is 2.88 bits per heavy atom. The molecule has 0 bridgehead atoms. The number of amides is 2. The van der Waals surface area contributed by atoms with Gasteiger partial charge < -0.3 is 15.1 Å². The van der Waals surface area contributed by atoms with Crippen LogP contribution in [0.4, 0.5) is 4.79 Å². The first-order valence-corrected chi connectivity index (χ1v) is 7.28. The Bertz CT molecular complexity index is 390. The number of hydrogen-bond acceptors (Lipinski definition) is 3. The highest BCUT2D eigenvalue weighted by molar-refractivity contribution is 9.10. The molecule has 1 saturated heterocycles. The van der Waals surface area contributed by atoms with Crippen LogP contribution in [-0.2, 0) is 6.54 Å². The Morgan fingerprint density at radius 1 is 1.59 bits per heavy atom.